The highest BCUT2D eigenvalue weighted by atomic mass is 32.1. The highest BCUT2D eigenvalue weighted by Crippen LogP contribution is 2.23. The summed E-state index contributed by atoms with van der Waals surface area (Å²) in [6, 6.07) is 3.36. The summed E-state index contributed by atoms with van der Waals surface area (Å²) in [7, 11) is 0. The van der Waals surface area contributed by atoms with Crippen LogP contribution in [-0.4, -0.2) is 50.6 Å². The number of pyridine rings is 1. The first-order chi connectivity index (χ1) is 12.4. The minimum atomic E-state index is -0.904. The van der Waals surface area contributed by atoms with E-state index >= 15 is 0 Å². The van der Waals surface area contributed by atoms with Gasteiger partial charge in [0.2, 0.25) is 5.88 Å². The predicted molar refractivity (Wildman–Crippen MR) is 96.7 cm³/mol. The molecule has 1 fully saturated rings. The molecule has 0 spiro atoms. The Kier molecular flexibility index (Phi) is 5.21. The van der Waals surface area contributed by atoms with Gasteiger partial charge in [0.25, 0.3) is 5.91 Å². The quantitative estimate of drug-likeness (QED) is 0.744. The maximum absolute atomic E-state index is 12.3. The fourth-order valence-electron chi connectivity index (χ4n) is 2.72. The SMILES string of the molecule is Cc1nsc(N)c1C(=O)Nc1ccc(OC2CCN(C(=O)O)CC2)nc1. The van der Waals surface area contributed by atoms with Crippen molar-refractivity contribution in [1.29, 1.82) is 0 Å². The van der Waals surface area contributed by atoms with Gasteiger partial charge in [-0.1, -0.05) is 0 Å². The molecule has 10 heteroatoms. The van der Waals surface area contributed by atoms with Crippen LogP contribution in [0.5, 0.6) is 5.88 Å². The summed E-state index contributed by atoms with van der Waals surface area (Å²) < 4.78 is 9.84. The van der Waals surface area contributed by atoms with E-state index in [-0.39, 0.29) is 12.0 Å². The summed E-state index contributed by atoms with van der Waals surface area (Å²) in [5, 5.41) is 12.1. The molecule has 1 aliphatic heterocycles. The van der Waals surface area contributed by atoms with Gasteiger partial charge in [-0.15, -0.1) is 0 Å². The molecule has 1 saturated heterocycles. The Balaban J connectivity index is 1.56. The molecule has 138 valence electrons. The van der Waals surface area contributed by atoms with E-state index in [2.05, 4.69) is 14.7 Å². The van der Waals surface area contributed by atoms with Crippen LogP contribution in [0, 0.1) is 6.92 Å². The molecule has 2 amide bonds. The summed E-state index contributed by atoms with van der Waals surface area (Å²) >= 11 is 1.08. The Hall–Kier alpha value is -2.88. The van der Waals surface area contributed by atoms with E-state index < -0.39 is 6.09 Å². The van der Waals surface area contributed by atoms with Gasteiger partial charge in [0.05, 0.1) is 23.1 Å². The van der Waals surface area contributed by atoms with Gasteiger partial charge < -0.3 is 25.8 Å². The van der Waals surface area contributed by atoms with Gasteiger partial charge in [-0.25, -0.2) is 9.78 Å². The van der Waals surface area contributed by atoms with Crippen molar-refractivity contribution in [2.24, 2.45) is 0 Å². The van der Waals surface area contributed by atoms with Crippen LogP contribution in [0.3, 0.4) is 0 Å². The number of aryl methyl sites for hydroxylation is 1. The molecule has 9 nitrogen and oxygen atoms in total. The number of anilines is 2. The summed E-state index contributed by atoms with van der Waals surface area (Å²) in [6.07, 6.45) is 1.77. The summed E-state index contributed by atoms with van der Waals surface area (Å²) in [6.45, 7) is 2.62. The second-order valence-corrected chi connectivity index (χ2v) is 6.74. The van der Waals surface area contributed by atoms with E-state index in [1.807, 2.05) is 0 Å². The monoisotopic (exact) mass is 377 g/mol. The number of likely N-dealkylation sites (tertiary alicyclic amines) is 1. The zero-order valence-electron chi connectivity index (χ0n) is 14.1. The third kappa shape index (κ3) is 4.02. The Morgan fingerprint density at radius 3 is 2.65 bits per heavy atom. The normalized spacial score (nSPS) is 14.9. The van der Waals surface area contributed by atoms with E-state index in [0.717, 1.165) is 11.5 Å². The number of rotatable bonds is 4. The fraction of sp³-hybridized carbons (Fsp3) is 0.375. The fourth-order valence-corrected chi connectivity index (χ4v) is 3.37. The lowest BCUT2D eigenvalue weighted by Gasteiger charge is -2.29. The van der Waals surface area contributed by atoms with E-state index in [4.69, 9.17) is 15.6 Å². The van der Waals surface area contributed by atoms with Gasteiger partial charge in [-0.05, 0) is 24.5 Å². The van der Waals surface area contributed by atoms with Crippen molar-refractivity contribution in [3.05, 3.63) is 29.6 Å². The number of hydrogen-bond donors (Lipinski definition) is 3. The van der Waals surface area contributed by atoms with Gasteiger partial charge in [-0.2, -0.15) is 4.37 Å². The van der Waals surface area contributed by atoms with Crippen LogP contribution >= 0.6 is 11.5 Å². The molecule has 0 unspecified atom stereocenters. The molecule has 0 atom stereocenters. The molecule has 1 aliphatic rings. The molecule has 3 rings (SSSR count). The molecule has 0 aromatic carbocycles. The second kappa shape index (κ2) is 7.56. The Labute approximate surface area is 154 Å². The average Bonchev–Trinajstić information content (AvgIpc) is 2.96. The molecule has 4 N–H and O–H groups in total. The number of carbonyl (C=O) groups excluding carboxylic acids is 1. The lowest BCUT2D eigenvalue weighted by atomic mass is 10.1. The van der Waals surface area contributed by atoms with E-state index in [1.54, 1.807) is 19.1 Å². The van der Waals surface area contributed by atoms with Crippen molar-refractivity contribution in [2.75, 3.05) is 24.1 Å². The van der Waals surface area contributed by atoms with Crippen LogP contribution in [0.15, 0.2) is 18.3 Å². The van der Waals surface area contributed by atoms with Gasteiger partial charge >= 0.3 is 6.09 Å². The van der Waals surface area contributed by atoms with Gasteiger partial charge in [0.15, 0.2) is 0 Å². The molecule has 0 bridgehead atoms. The molecule has 0 saturated carbocycles. The number of nitrogens with one attached hydrogen (secondary N) is 1. The first kappa shape index (κ1) is 17.9. The summed E-state index contributed by atoms with van der Waals surface area (Å²) in [5.41, 5.74) is 7.26. The maximum atomic E-state index is 12.3. The lowest BCUT2D eigenvalue weighted by Crippen LogP contribution is -2.41. The Morgan fingerprint density at radius 2 is 2.12 bits per heavy atom. The number of hydrogen-bond acceptors (Lipinski definition) is 7. The van der Waals surface area contributed by atoms with Crippen molar-refractivity contribution in [3.63, 3.8) is 0 Å². The number of amides is 2. The first-order valence-electron chi connectivity index (χ1n) is 8.07. The largest absolute Gasteiger partial charge is 0.474 e. The van der Waals surface area contributed by atoms with E-state index in [9.17, 15) is 9.59 Å². The highest BCUT2D eigenvalue weighted by molar-refractivity contribution is 7.10. The van der Waals surface area contributed by atoms with Crippen molar-refractivity contribution in [1.82, 2.24) is 14.3 Å². The molecule has 3 heterocycles. The molecular formula is C16H19N5O4S. The van der Waals surface area contributed by atoms with Crippen molar-refractivity contribution in [2.45, 2.75) is 25.9 Å². The van der Waals surface area contributed by atoms with E-state index in [0.29, 0.717) is 53.8 Å². The molecule has 2 aromatic rings. The zero-order valence-corrected chi connectivity index (χ0v) is 15.0. The molecule has 26 heavy (non-hydrogen) atoms. The first-order valence-corrected chi connectivity index (χ1v) is 8.85. The van der Waals surface area contributed by atoms with Gasteiger partial charge in [-0.3, -0.25) is 4.79 Å². The molecule has 2 aromatic heterocycles. The highest BCUT2D eigenvalue weighted by Gasteiger charge is 2.23. The third-order valence-electron chi connectivity index (χ3n) is 4.11. The topological polar surface area (TPSA) is 131 Å². The summed E-state index contributed by atoms with van der Waals surface area (Å²) in [4.78, 5) is 28.7. The smallest absolute Gasteiger partial charge is 0.407 e. The van der Waals surface area contributed by atoms with Crippen LogP contribution in [0.25, 0.3) is 0 Å². The van der Waals surface area contributed by atoms with Crippen molar-refractivity contribution in [3.8, 4) is 5.88 Å². The number of nitrogen functional groups attached to an aromatic ring is 1. The van der Waals surface area contributed by atoms with Crippen LogP contribution in [-0.2, 0) is 0 Å². The van der Waals surface area contributed by atoms with Crippen LogP contribution < -0.4 is 15.8 Å². The second-order valence-electron chi connectivity index (χ2n) is 5.93. The van der Waals surface area contributed by atoms with Crippen molar-refractivity contribution < 1.29 is 19.4 Å². The zero-order chi connectivity index (χ0) is 18.7. The van der Waals surface area contributed by atoms with Crippen molar-refractivity contribution >= 4 is 34.2 Å². The summed E-state index contributed by atoms with van der Waals surface area (Å²) in [5.74, 6) is 0.106. The number of ether oxygens (including phenoxy) is 1. The van der Waals surface area contributed by atoms with Gasteiger partial charge in [0, 0.05) is 32.0 Å². The minimum absolute atomic E-state index is 0.0714. The minimum Gasteiger partial charge on any atom is -0.474 e. The number of piperidine rings is 1. The third-order valence-corrected chi connectivity index (χ3v) is 4.88. The maximum Gasteiger partial charge on any atom is 0.407 e. The van der Waals surface area contributed by atoms with Gasteiger partial charge in [0.1, 0.15) is 11.1 Å². The molecule has 0 aliphatic carbocycles. The van der Waals surface area contributed by atoms with Crippen LogP contribution in [0.1, 0.15) is 28.9 Å². The Bertz CT molecular complexity index is 780. The number of carboxylic acid groups (broad SMARTS) is 1. The van der Waals surface area contributed by atoms with Crippen LogP contribution in [0.4, 0.5) is 15.5 Å². The van der Waals surface area contributed by atoms with E-state index in [1.165, 1.54) is 11.1 Å². The number of aromatic nitrogens is 2. The molecule has 0 radical (unpaired) electrons. The standard InChI is InChI=1S/C16H19N5O4S/c1-9-13(14(17)26-20-9)15(22)19-10-2-3-12(18-8-10)25-11-4-6-21(7-5-11)16(23)24/h2-3,8,11H,4-7,17H2,1H3,(H,19,22)(H,23,24). The number of nitrogens with two attached hydrogens (primary N) is 1. The molecular weight excluding hydrogens is 358 g/mol. The average molecular weight is 377 g/mol. The lowest BCUT2D eigenvalue weighted by molar-refractivity contribution is 0.0870. The number of carbonyl (C=O) groups is 2. The predicted octanol–water partition coefficient (Wildman–Crippen LogP) is 2.20. The van der Waals surface area contributed by atoms with Crippen LogP contribution in [0.2, 0.25) is 0 Å². The number of nitrogens with zero attached hydrogens (tertiary/aromatic N) is 3. The Morgan fingerprint density at radius 1 is 1.38 bits per heavy atom.